The maximum atomic E-state index is 13.3. The van der Waals surface area contributed by atoms with Crippen LogP contribution < -0.4 is 20.3 Å². The molecule has 5 rings (SSSR count). The summed E-state index contributed by atoms with van der Waals surface area (Å²) >= 11 is 8.07. The maximum Gasteiger partial charge on any atom is 0.254 e. The van der Waals surface area contributed by atoms with Crippen molar-refractivity contribution in [3.8, 4) is 11.5 Å². The third-order valence-corrected chi connectivity index (χ3v) is 9.06. The number of halogens is 2. The Labute approximate surface area is 236 Å². The molecule has 0 spiro atoms. The lowest BCUT2D eigenvalue weighted by Gasteiger charge is -2.37. The molecule has 2 aromatic carbocycles. The van der Waals surface area contributed by atoms with Crippen molar-refractivity contribution in [2.45, 2.75) is 69.6 Å². The Morgan fingerprint density at radius 1 is 1.13 bits per heavy atom. The third kappa shape index (κ3) is 5.41. The molecular weight excluding hydrogens is 539 g/mol. The van der Waals surface area contributed by atoms with Crippen LogP contribution in [0.15, 0.2) is 46.1 Å². The van der Waals surface area contributed by atoms with Gasteiger partial charge >= 0.3 is 0 Å². The van der Waals surface area contributed by atoms with E-state index in [0.29, 0.717) is 39.1 Å². The zero-order chi connectivity index (χ0) is 27.9. The number of rotatable bonds is 6. The number of aryl methyl sites for hydroxylation is 1. The van der Waals surface area contributed by atoms with Crippen LogP contribution in [0, 0.1) is 25.6 Å². The number of fused-ring (bicyclic) bond motifs is 1. The second-order valence-electron chi connectivity index (χ2n) is 10.5. The van der Waals surface area contributed by atoms with Crippen LogP contribution in [0.2, 0.25) is 5.02 Å². The van der Waals surface area contributed by atoms with Crippen molar-refractivity contribution < 1.29 is 18.7 Å². The van der Waals surface area contributed by atoms with Crippen LogP contribution in [-0.2, 0) is 6.54 Å². The fraction of sp³-hybridized carbons (Fsp3) is 0.400. The monoisotopic (exact) mass is 570 g/mol. The smallest absolute Gasteiger partial charge is 0.254 e. The normalized spacial score (nSPS) is 22.1. The minimum absolute atomic E-state index is 0.0884. The van der Waals surface area contributed by atoms with Gasteiger partial charge in [0.15, 0.2) is 11.5 Å². The fourth-order valence-electron chi connectivity index (χ4n) is 5.73. The molecule has 9 heteroatoms. The molecule has 1 aromatic heterocycles. The predicted octanol–water partition coefficient (Wildman–Crippen LogP) is 6.90. The van der Waals surface area contributed by atoms with Crippen LogP contribution in [0.3, 0.4) is 0 Å². The zero-order valence-electron chi connectivity index (χ0n) is 22.5. The van der Waals surface area contributed by atoms with Gasteiger partial charge in [0.2, 0.25) is 0 Å². The highest BCUT2D eigenvalue weighted by Gasteiger charge is 2.47. The van der Waals surface area contributed by atoms with Crippen molar-refractivity contribution in [1.29, 1.82) is 0 Å². The van der Waals surface area contributed by atoms with Crippen molar-refractivity contribution in [2.75, 3.05) is 6.26 Å². The van der Waals surface area contributed by atoms with E-state index in [9.17, 15) is 14.0 Å². The summed E-state index contributed by atoms with van der Waals surface area (Å²) in [5.41, 5.74) is 3.23. The molecule has 6 nitrogen and oxygen atoms in total. The SMILES string of the molecule is CSc1cc(C)[nH]c(=O)c1CNC(=O)c1cc(Cl)c2c(c1C)O[C@@](C)([C@H]1CC[C@@H](c3ccc(F)cc3)CC1)O2. The first kappa shape index (κ1) is 27.6. The van der Waals surface area contributed by atoms with E-state index in [1.54, 1.807) is 6.07 Å². The lowest BCUT2D eigenvalue weighted by atomic mass is 9.76. The van der Waals surface area contributed by atoms with Gasteiger partial charge in [-0.3, -0.25) is 9.59 Å². The van der Waals surface area contributed by atoms with Gasteiger partial charge in [0.1, 0.15) is 5.82 Å². The first-order chi connectivity index (χ1) is 18.6. The number of amides is 1. The number of H-pyrrole nitrogens is 1. The number of thioether (sulfide) groups is 1. The molecule has 2 aliphatic rings. The molecule has 206 valence electrons. The second-order valence-corrected chi connectivity index (χ2v) is 11.8. The largest absolute Gasteiger partial charge is 0.448 e. The zero-order valence-corrected chi connectivity index (χ0v) is 24.0. The molecule has 1 amide bonds. The highest BCUT2D eigenvalue weighted by molar-refractivity contribution is 7.98. The summed E-state index contributed by atoms with van der Waals surface area (Å²) in [6.45, 7) is 5.66. The number of aromatic amines is 1. The van der Waals surface area contributed by atoms with Gasteiger partial charge in [-0.15, -0.1) is 11.8 Å². The molecular formula is C30H32ClFN2O4S. The van der Waals surface area contributed by atoms with Crippen LogP contribution in [0.5, 0.6) is 11.5 Å². The van der Waals surface area contributed by atoms with Crippen molar-refractivity contribution >= 4 is 29.3 Å². The molecule has 1 aliphatic carbocycles. The van der Waals surface area contributed by atoms with Crippen molar-refractivity contribution in [1.82, 2.24) is 10.3 Å². The Bertz CT molecular complexity index is 1470. The number of nitrogens with one attached hydrogen (secondary N) is 2. The molecule has 1 aliphatic heterocycles. The van der Waals surface area contributed by atoms with Crippen molar-refractivity contribution in [2.24, 2.45) is 5.92 Å². The van der Waals surface area contributed by atoms with Gasteiger partial charge in [-0.05, 0) is 81.5 Å². The van der Waals surface area contributed by atoms with E-state index in [1.165, 1.54) is 23.9 Å². The number of hydrogen-bond acceptors (Lipinski definition) is 5. The van der Waals surface area contributed by atoms with Gasteiger partial charge in [0, 0.05) is 46.7 Å². The fourth-order valence-corrected chi connectivity index (χ4v) is 6.67. The second kappa shape index (κ2) is 10.9. The van der Waals surface area contributed by atoms with Gasteiger partial charge in [0.05, 0.1) is 5.02 Å². The van der Waals surface area contributed by atoms with Crippen LogP contribution in [-0.4, -0.2) is 22.9 Å². The maximum absolute atomic E-state index is 13.3. The van der Waals surface area contributed by atoms with Crippen LogP contribution in [0.25, 0.3) is 0 Å². The van der Waals surface area contributed by atoms with E-state index >= 15 is 0 Å². The Balaban J connectivity index is 1.30. The summed E-state index contributed by atoms with van der Waals surface area (Å²) in [6, 6.07) is 10.3. The molecule has 0 bridgehead atoms. The lowest BCUT2D eigenvalue weighted by molar-refractivity contribution is -0.121. The van der Waals surface area contributed by atoms with Gasteiger partial charge in [-0.25, -0.2) is 4.39 Å². The van der Waals surface area contributed by atoms with E-state index in [1.807, 2.05) is 45.2 Å². The molecule has 1 saturated carbocycles. The number of ether oxygens (including phenoxy) is 2. The number of aromatic nitrogens is 1. The van der Waals surface area contributed by atoms with E-state index in [-0.39, 0.29) is 29.7 Å². The minimum Gasteiger partial charge on any atom is -0.448 e. The predicted molar refractivity (Wildman–Crippen MR) is 152 cm³/mol. The number of benzene rings is 2. The number of pyridine rings is 1. The number of carbonyl (C=O) groups is 1. The van der Waals surface area contributed by atoms with Crippen LogP contribution in [0.4, 0.5) is 4.39 Å². The molecule has 39 heavy (non-hydrogen) atoms. The van der Waals surface area contributed by atoms with E-state index < -0.39 is 5.79 Å². The van der Waals surface area contributed by atoms with Gasteiger partial charge in [-0.2, -0.15) is 0 Å². The highest BCUT2D eigenvalue weighted by Crippen LogP contribution is 2.52. The topological polar surface area (TPSA) is 80.4 Å². The molecule has 0 unspecified atom stereocenters. The molecule has 1 atom stereocenters. The Morgan fingerprint density at radius 2 is 1.79 bits per heavy atom. The Morgan fingerprint density at radius 3 is 2.46 bits per heavy atom. The summed E-state index contributed by atoms with van der Waals surface area (Å²) in [5, 5.41) is 3.17. The summed E-state index contributed by atoms with van der Waals surface area (Å²) < 4.78 is 26.1. The van der Waals surface area contributed by atoms with Crippen LogP contribution >= 0.6 is 23.4 Å². The molecule has 3 aromatic rings. The van der Waals surface area contributed by atoms with E-state index in [4.69, 9.17) is 21.1 Å². The van der Waals surface area contributed by atoms with E-state index in [0.717, 1.165) is 41.8 Å². The van der Waals surface area contributed by atoms with Gasteiger partial charge in [-0.1, -0.05) is 23.7 Å². The molecule has 2 N–H and O–H groups in total. The molecule has 1 fully saturated rings. The Kier molecular flexibility index (Phi) is 7.71. The van der Waals surface area contributed by atoms with E-state index in [2.05, 4.69) is 10.3 Å². The quantitative estimate of drug-likeness (QED) is 0.315. The first-order valence-corrected chi connectivity index (χ1v) is 14.7. The first-order valence-electron chi connectivity index (χ1n) is 13.1. The standard InChI is InChI=1S/C30H32ClFN2O4S/c1-16-13-25(39-4)23(29(36)34-16)15-33-28(35)22-14-24(31)27-26(17(22)2)37-30(3,38-27)20-9-5-18(6-10-20)19-7-11-21(32)12-8-19/h7-8,11-14,18,20H,5-6,9-10,15H2,1-4H3,(H,33,35)(H,34,36)/t18-,20+,30-/m1/s1. The summed E-state index contributed by atoms with van der Waals surface area (Å²) in [7, 11) is 0. The van der Waals surface area contributed by atoms with Gasteiger partial charge in [0.25, 0.3) is 17.3 Å². The van der Waals surface area contributed by atoms with Gasteiger partial charge < -0.3 is 19.8 Å². The number of hydrogen-bond donors (Lipinski definition) is 2. The average molecular weight is 571 g/mol. The minimum atomic E-state index is -0.901. The molecule has 0 radical (unpaired) electrons. The third-order valence-electron chi connectivity index (χ3n) is 7.98. The summed E-state index contributed by atoms with van der Waals surface area (Å²) in [6.07, 6.45) is 5.57. The highest BCUT2D eigenvalue weighted by atomic mass is 35.5. The average Bonchev–Trinajstić information content (AvgIpc) is 3.30. The molecule has 0 saturated heterocycles. The van der Waals surface area contributed by atoms with Crippen LogP contribution in [0.1, 0.15) is 71.3 Å². The summed E-state index contributed by atoms with van der Waals surface area (Å²) in [5.74, 6) is -0.0279. The molecule has 2 heterocycles. The van der Waals surface area contributed by atoms with Crippen molar-refractivity contribution in [3.05, 3.63) is 85.5 Å². The van der Waals surface area contributed by atoms with Crippen molar-refractivity contribution in [3.63, 3.8) is 0 Å². The lowest BCUT2D eigenvalue weighted by Crippen LogP contribution is -2.44. The summed E-state index contributed by atoms with van der Waals surface area (Å²) in [4.78, 5) is 29.3. The Hall–Kier alpha value is -2.97. The number of carbonyl (C=O) groups excluding carboxylic acids is 1.